The third-order valence-corrected chi connectivity index (χ3v) is 2.40. The first-order valence-corrected chi connectivity index (χ1v) is 5.23. The second-order valence-corrected chi connectivity index (χ2v) is 4.12. The van der Waals surface area contributed by atoms with Gasteiger partial charge in [-0.1, -0.05) is 24.3 Å². The molecule has 0 aromatic heterocycles. The Morgan fingerprint density at radius 3 is 2.65 bits per heavy atom. The fraction of sp³-hybridized carbons (Fsp3) is 0.417. The summed E-state index contributed by atoms with van der Waals surface area (Å²) in [5.41, 5.74) is 6.23. The maximum Gasteiger partial charge on any atom is 0.312 e. The van der Waals surface area contributed by atoms with Crippen molar-refractivity contribution in [2.45, 2.75) is 25.2 Å². The molecule has 3 N–H and O–H groups in total. The van der Waals surface area contributed by atoms with Crippen molar-refractivity contribution in [2.24, 2.45) is 5.73 Å². The van der Waals surface area contributed by atoms with Crippen LogP contribution in [0.25, 0.3) is 0 Å². The summed E-state index contributed by atoms with van der Waals surface area (Å²) in [5, 5.41) is 8.92. The van der Waals surface area contributed by atoms with Gasteiger partial charge in [0.05, 0.1) is 5.92 Å². The Morgan fingerprint density at radius 2 is 2.18 bits per heavy atom. The quantitative estimate of drug-likeness (QED) is 0.831. The van der Waals surface area contributed by atoms with Gasteiger partial charge in [-0.05, 0) is 18.1 Å². The number of nitrogens with two attached hydrogens (primary N) is 1. The largest absolute Gasteiger partial charge is 0.481 e. The van der Waals surface area contributed by atoms with Crippen LogP contribution in [0.1, 0.15) is 24.0 Å². The molecule has 0 bridgehead atoms. The van der Waals surface area contributed by atoms with Gasteiger partial charge >= 0.3 is 5.97 Å². The first-order chi connectivity index (χ1) is 7.83. The van der Waals surface area contributed by atoms with E-state index in [0.29, 0.717) is 11.1 Å². The maximum absolute atomic E-state index is 12.8. The van der Waals surface area contributed by atoms with E-state index in [-0.39, 0.29) is 6.54 Å². The molecule has 0 aliphatic heterocycles. The molecule has 0 spiro atoms. The van der Waals surface area contributed by atoms with Crippen molar-refractivity contribution in [2.75, 3.05) is 6.54 Å². The second kappa shape index (κ2) is 5.23. The molecule has 3 nitrogen and oxygen atoms in total. The fourth-order valence-corrected chi connectivity index (χ4v) is 1.66. The van der Waals surface area contributed by atoms with Crippen LogP contribution in [0.5, 0.6) is 0 Å². The van der Waals surface area contributed by atoms with Crippen LogP contribution in [0.4, 0.5) is 8.78 Å². The predicted molar refractivity (Wildman–Crippen MR) is 60.2 cm³/mol. The normalized spacial score (nSPS) is 13.4. The number of aliphatic carboxylic acids is 1. The summed E-state index contributed by atoms with van der Waals surface area (Å²) >= 11 is 0. The zero-order valence-electron chi connectivity index (χ0n) is 9.49. The molecule has 1 atom stereocenters. The number of benzene rings is 1. The first-order valence-electron chi connectivity index (χ1n) is 5.23. The number of carbonyl (C=O) groups is 1. The van der Waals surface area contributed by atoms with Gasteiger partial charge in [0.25, 0.3) is 0 Å². The van der Waals surface area contributed by atoms with Crippen molar-refractivity contribution in [3.05, 3.63) is 35.4 Å². The van der Waals surface area contributed by atoms with E-state index in [9.17, 15) is 13.6 Å². The zero-order valence-corrected chi connectivity index (χ0v) is 9.49. The van der Waals surface area contributed by atoms with Gasteiger partial charge in [0.1, 0.15) is 0 Å². The Labute approximate surface area is 98.2 Å². The molecule has 1 aromatic carbocycles. The highest BCUT2D eigenvalue weighted by Gasteiger charge is 2.23. The molecule has 94 valence electrons. The van der Waals surface area contributed by atoms with Crippen molar-refractivity contribution in [1.29, 1.82) is 0 Å². The Kier molecular flexibility index (Phi) is 4.17. The van der Waals surface area contributed by atoms with Crippen LogP contribution < -0.4 is 5.73 Å². The van der Waals surface area contributed by atoms with E-state index in [1.165, 1.54) is 6.07 Å². The summed E-state index contributed by atoms with van der Waals surface area (Å²) in [6.07, 6.45) is -0.405. The average Bonchev–Trinajstić information content (AvgIpc) is 2.15. The van der Waals surface area contributed by atoms with Crippen LogP contribution in [-0.2, 0) is 11.2 Å². The van der Waals surface area contributed by atoms with Gasteiger partial charge in [0.2, 0.25) is 5.92 Å². The molecule has 17 heavy (non-hydrogen) atoms. The topological polar surface area (TPSA) is 63.3 Å². The van der Waals surface area contributed by atoms with E-state index in [1.54, 1.807) is 18.2 Å². The molecule has 1 rings (SSSR count). The third-order valence-electron chi connectivity index (χ3n) is 2.40. The molecule has 1 aromatic rings. The standard InChI is InChI=1S/C12H15F2NO2/c1-12(13,14)6-8-3-2-4-9(5-8)10(7-15)11(16)17/h2-5,10H,6-7,15H2,1H3,(H,16,17). The lowest BCUT2D eigenvalue weighted by Gasteiger charge is -2.14. The fourth-order valence-electron chi connectivity index (χ4n) is 1.66. The number of alkyl halides is 2. The van der Waals surface area contributed by atoms with Crippen molar-refractivity contribution >= 4 is 5.97 Å². The van der Waals surface area contributed by atoms with E-state index >= 15 is 0 Å². The van der Waals surface area contributed by atoms with Crippen LogP contribution in [0.3, 0.4) is 0 Å². The number of hydrogen-bond acceptors (Lipinski definition) is 2. The second-order valence-electron chi connectivity index (χ2n) is 4.12. The monoisotopic (exact) mass is 243 g/mol. The third kappa shape index (κ3) is 4.11. The Morgan fingerprint density at radius 1 is 1.53 bits per heavy atom. The highest BCUT2D eigenvalue weighted by atomic mass is 19.3. The molecule has 5 heteroatoms. The summed E-state index contributed by atoms with van der Waals surface area (Å²) in [6.45, 7) is 0.776. The number of halogens is 2. The minimum absolute atomic E-state index is 0.0543. The molecule has 0 amide bonds. The summed E-state index contributed by atoms with van der Waals surface area (Å²) in [4.78, 5) is 10.9. The van der Waals surface area contributed by atoms with Crippen molar-refractivity contribution in [3.63, 3.8) is 0 Å². The van der Waals surface area contributed by atoms with Crippen LogP contribution in [-0.4, -0.2) is 23.5 Å². The average molecular weight is 243 g/mol. The van der Waals surface area contributed by atoms with E-state index in [2.05, 4.69) is 0 Å². The molecule has 0 aliphatic carbocycles. The lowest BCUT2D eigenvalue weighted by atomic mass is 9.96. The van der Waals surface area contributed by atoms with Gasteiger partial charge < -0.3 is 10.8 Å². The molecule has 0 saturated heterocycles. The summed E-state index contributed by atoms with van der Waals surface area (Å²) in [7, 11) is 0. The number of carboxylic acid groups (broad SMARTS) is 1. The molecule has 0 aliphatic rings. The van der Waals surface area contributed by atoms with Crippen LogP contribution in [0.2, 0.25) is 0 Å². The van der Waals surface area contributed by atoms with Gasteiger partial charge in [0.15, 0.2) is 0 Å². The number of rotatable bonds is 5. The highest BCUT2D eigenvalue weighted by Crippen LogP contribution is 2.22. The minimum atomic E-state index is -2.81. The number of hydrogen-bond donors (Lipinski definition) is 2. The minimum Gasteiger partial charge on any atom is -0.481 e. The molecule has 0 heterocycles. The van der Waals surface area contributed by atoms with Crippen molar-refractivity contribution in [3.8, 4) is 0 Å². The van der Waals surface area contributed by atoms with E-state index < -0.39 is 24.2 Å². The lowest BCUT2D eigenvalue weighted by Crippen LogP contribution is -2.21. The van der Waals surface area contributed by atoms with Gasteiger partial charge in [-0.15, -0.1) is 0 Å². The number of carboxylic acids is 1. The van der Waals surface area contributed by atoms with E-state index in [4.69, 9.17) is 10.8 Å². The van der Waals surface area contributed by atoms with Gasteiger partial charge in [-0.25, -0.2) is 8.78 Å². The SMILES string of the molecule is CC(F)(F)Cc1cccc(C(CN)C(=O)O)c1. The van der Waals surface area contributed by atoms with Crippen LogP contribution >= 0.6 is 0 Å². The molecular formula is C12H15F2NO2. The van der Waals surface area contributed by atoms with Crippen molar-refractivity contribution in [1.82, 2.24) is 0 Å². The van der Waals surface area contributed by atoms with Crippen LogP contribution in [0.15, 0.2) is 24.3 Å². The van der Waals surface area contributed by atoms with E-state index in [1.807, 2.05) is 0 Å². The van der Waals surface area contributed by atoms with Gasteiger partial charge in [-0.3, -0.25) is 4.79 Å². The molecule has 1 unspecified atom stereocenters. The smallest absolute Gasteiger partial charge is 0.312 e. The van der Waals surface area contributed by atoms with Gasteiger partial charge in [0, 0.05) is 13.0 Å². The summed E-state index contributed by atoms with van der Waals surface area (Å²) in [5.74, 6) is -4.70. The molecule has 0 saturated carbocycles. The molecular weight excluding hydrogens is 228 g/mol. The highest BCUT2D eigenvalue weighted by molar-refractivity contribution is 5.76. The van der Waals surface area contributed by atoms with Crippen molar-refractivity contribution < 1.29 is 18.7 Å². The van der Waals surface area contributed by atoms with Crippen LogP contribution in [0, 0.1) is 0 Å². The van der Waals surface area contributed by atoms with E-state index in [0.717, 1.165) is 6.92 Å². The zero-order chi connectivity index (χ0) is 13.1. The summed E-state index contributed by atoms with van der Waals surface area (Å²) in [6, 6.07) is 6.18. The molecule has 0 fully saturated rings. The lowest BCUT2D eigenvalue weighted by molar-refractivity contribution is -0.138. The maximum atomic E-state index is 12.8. The Hall–Kier alpha value is -1.49. The summed E-state index contributed by atoms with van der Waals surface area (Å²) < 4.78 is 25.7. The molecule has 0 radical (unpaired) electrons. The Balaban J connectivity index is 2.96. The van der Waals surface area contributed by atoms with Gasteiger partial charge in [-0.2, -0.15) is 0 Å². The first kappa shape index (κ1) is 13.6. The Bertz CT molecular complexity index is 402. The predicted octanol–water partition coefficient (Wildman–Crippen LogP) is 2.01.